The maximum Gasteiger partial charge on any atom is 0.221 e. The Labute approximate surface area is 101 Å². The van der Waals surface area contributed by atoms with E-state index >= 15 is 0 Å². The third-order valence-corrected chi connectivity index (χ3v) is 2.58. The van der Waals surface area contributed by atoms with Crippen LogP contribution in [-0.2, 0) is 11.3 Å². The van der Waals surface area contributed by atoms with Crippen LogP contribution in [-0.4, -0.2) is 31.4 Å². The van der Waals surface area contributed by atoms with Gasteiger partial charge in [0.25, 0.3) is 0 Å². The van der Waals surface area contributed by atoms with Crippen LogP contribution in [0, 0.1) is 5.82 Å². The summed E-state index contributed by atoms with van der Waals surface area (Å²) in [4.78, 5) is 12.9. The predicted octanol–water partition coefficient (Wildman–Crippen LogP) is 0.976. The molecule has 3 N–H and O–H groups in total. The summed E-state index contributed by atoms with van der Waals surface area (Å²) in [6, 6.07) is 4.64. The summed E-state index contributed by atoms with van der Waals surface area (Å²) in [5, 5.41) is 2.54. The molecule has 0 unspecified atom stereocenters. The Morgan fingerprint density at radius 1 is 1.53 bits per heavy atom. The predicted molar refractivity (Wildman–Crippen MR) is 65.8 cm³/mol. The number of hydrogen-bond donors (Lipinski definition) is 2. The molecule has 94 valence electrons. The van der Waals surface area contributed by atoms with E-state index in [-0.39, 0.29) is 11.7 Å². The monoisotopic (exact) mass is 239 g/mol. The molecule has 1 amide bonds. The maximum atomic E-state index is 13.5. The van der Waals surface area contributed by atoms with Crippen molar-refractivity contribution in [2.45, 2.75) is 13.0 Å². The van der Waals surface area contributed by atoms with Gasteiger partial charge in [0.1, 0.15) is 5.82 Å². The zero-order chi connectivity index (χ0) is 12.8. The Morgan fingerprint density at radius 3 is 2.82 bits per heavy atom. The second-order valence-corrected chi connectivity index (χ2v) is 3.97. The second-order valence-electron chi connectivity index (χ2n) is 3.97. The number of amides is 1. The molecule has 1 aromatic carbocycles. The fraction of sp³-hybridized carbons (Fsp3) is 0.417. The molecular weight excluding hydrogens is 221 g/mol. The highest BCUT2D eigenvalue weighted by Gasteiger charge is 2.09. The van der Waals surface area contributed by atoms with Crippen LogP contribution in [0.4, 0.5) is 10.1 Å². The molecule has 0 bridgehead atoms. The quantitative estimate of drug-likeness (QED) is 0.753. The summed E-state index contributed by atoms with van der Waals surface area (Å²) in [5.74, 6) is -0.338. The number of nitrogens with zero attached hydrogens (tertiary/aromatic N) is 1. The van der Waals surface area contributed by atoms with Crippen molar-refractivity contribution in [2.24, 2.45) is 0 Å². The zero-order valence-corrected chi connectivity index (χ0v) is 10.2. The lowest BCUT2D eigenvalue weighted by Gasteiger charge is -2.17. The number of carbonyl (C=O) groups excluding carboxylic acids is 1. The Hall–Kier alpha value is -1.62. The SMILES string of the molecule is CNC(=O)CCN(C)Cc1c(N)cccc1F. The van der Waals surface area contributed by atoms with Crippen LogP contribution in [0.2, 0.25) is 0 Å². The van der Waals surface area contributed by atoms with Crippen LogP contribution < -0.4 is 11.1 Å². The first-order valence-corrected chi connectivity index (χ1v) is 5.46. The van der Waals surface area contributed by atoms with Crippen molar-refractivity contribution in [1.29, 1.82) is 0 Å². The van der Waals surface area contributed by atoms with E-state index in [1.807, 2.05) is 11.9 Å². The van der Waals surface area contributed by atoms with Gasteiger partial charge in [0, 0.05) is 37.8 Å². The van der Waals surface area contributed by atoms with E-state index in [2.05, 4.69) is 5.32 Å². The van der Waals surface area contributed by atoms with Crippen molar-refractivity contribution in [1.82, 2.24) is 10.2 Å². The molecule has 0 heterocycles. The molecule has 0 spiro atoms. The average molecular weight is 239 g/mol. The second kappa shape index (κ2) is 6.20. The minimum absolute atomic E-state index is 0.0293. The molecule has 4 nitrogen and oxygen atoms in total. The van der Waals surface area contributed by atoms with Crippen LogP contribution in [0.1, 0.15) is 12.0 Å². The molecule has 17 heavy (non-hydrogen) atoms. The Balaban J connectivity index is 2.56. The Kier molecular flexibility index (Phi) is 4.90. The molecule has 5 heteroatoms. The number of hydrogen-bond acceptors (Lipinski definition) is 3. The summed E-state index contributed by atoms with van der Waals surface area (Å²) in [6.07, 6.45) is 0.390. The van der Waals surface area contributed by atoms with Gasteiger partial charge in [0.05, 0.1) is 0 Å². The number of carbonyl (C=O) groups is 1. The highest BCUT2D eigenvalue weighted by Crippen LogP contribution is 2.17. The molecule has 1 rings (SSSR count). The number of nitrogens with one attached hydrogen (secondary N) is 1. The van der Waals surface area contributed by atoms with E-state index in [0.717, 1.165) is 0 Å². The van der Waals surface area contributed by atoms with Gasteiger partial charge in [0.15, 0.2) is 0 Å². The standard InChI is InChI=1S/C12H18FN3O/c1-15-12(17)6-7-16(2)8-9-10(13)4-3-5-11(9)14/h3-5H,6-8,14H2,1-2H3,(H,15,17). The highest BCUT2D eigenvalue weighted by atomic mass is 19.1. The van der Waals surface area contributed by atoms with Crippen molar-refractivity contribution in [3.63, 3.8) is 0 Å². The molecule has 1 aromatic rings. The first kappa shape index (κ1) is 13.4. The van der Waals surface area contributed by atoms with Crippen LogP contribution in [0.25, 0.3) is 0 Å². The summed E-state index contributed by atoms with van der Waals surface area (Å²) in [6.45, 7) is 0.961. The molecular formula is C12H18FN3O. The fourth-order valence-corrected chi connectivity index (χ4v) is 1.51. The third-order valence-electron chi connectivity index (χ3n) is 2.58. The minimum atomic E-state index is -0.309. The first-order chi connectivity index (χ1) is 8.04. The van der Waals surface area contributed by atoms with Gasteiger partial charge in [-0.3, -0.25) is 4.79 Å². The van der Waals surface area contributed by atoms with Gasteiger partial charge in [-0.2, -0.15) is 0 Å². The van der Waals surface area contributed by atoms with Gasteiger partial charge in [-0.1, -0.05) is 6.07 Å². The summed E-state index contributed by atoms with van der Waals surface area (Å²) >= 11 is 0. The topological polar surface area (TPSA) is 58.4 Å². The van der Waals surface area contributed by atoms with Crippen LogP contribution in [0.5, 0.6) is 0 Å². The van der Waals surface area contributed by atoms with Gasteiger partial charge < -0.3 is 16.0 Å². The number of benzene rings is 1. The van der Waals surface area contributed by atoms with Crippen LogP contribution in [0.15, 0.2) is 18.2 Å². The van der Waals surface area contributed by atoms with E-state index in [0.29, 0.717) is 30.8 Å². The number of nitrogens with two attached hydrogens (primary N) is 1. The highest BCUT2D eigenvalue weighted by molar-refractivity contribution is 5.75. The van der Waals surface area contributed by atoms with Crippen molar-refractivity contribution in [2.75, 3.05) is 26.4 Å². The normalized spacial score (nSPS) is 10.6. The molecule has 0 aliphatic rings. The van der Waals surface area contributed by atoms with Gasteiger partial charge in [0.2, 0.25) is 5.91 Å². The lowest BCUT2D eigenvalue weighted by atomic mass is 10.1. The zero-order valence-electron chi connectivity index (χ0n) is 10.2. The largest absolute Gasteiger partial charge is 0.398 e. The molecule has 0 aromatic heterocycles. The van der Waals surface area contributed by atoms with Crippen molar-refractivity contribution < 1.29 is 9.18 Å². The van der Waals surface area contributed by atoms with Gasteiger partial charge >= 0.3 is 0 Å². The number of anilines is 1. The van der Waals surface area contributed by atoms with Gasteiger partial charge in [-0.15, -0.1) is 0 Å². The summed E-state index contributed by atoms with van der Waals surface area (Å²) in [5.41, 5.74) is 6.63. The van der Waals surface area contributed by atoms with Crippen LogP contribution in [0.3, 0.4) is 0 Å². The number of nitrogen functional groups attached to an aromatic ring is 1. The summed E-state index contributed by atoms with van der Waals surface area (Å²) in [7, 11) is 3.42. The number of halogens is 1. The van der Waals surface area contributed by atoms with E-state index < -0.39 is 0 Å². The van der Waals surface area contributed by atoms with E-state index in [1.54, 1.807) is 19.2 Å². The first-order valence-electron chi connectivity index (χ1n) is 5.46. The Bertz CT molecular complexity index is 375. The molecule has 0 saturated carbocycles. The van der Waals surface area contributed by atoms with Gasteiger partial charge in [-0.05, 0) is 19.2 Å². The molecule has 0 saturated heterocycles. The van der Waals surface area contributed by atoms with Crippen molar-refractivity contribution in [3.05, 3.63) is 29.6 Å². The number of rotatable bonds is 5. The van der Waals surface area contributed by atoms with E-state index in [1.165, 1.54) is 6.07 Å². The summed E-state index contributed by atoms with van der Waals surface area (Å²) < 4.78 is 13.5. The molecule has 0 aliphatic heterocycles. The third kappa shape index (κ3) is 4.03. The smallest absolute Gasteiger partial charge is 0.221 e. The lowest BCUT2D eigenvalue weighted by Crippen LogP contribution is -2.26. The van der Waals surface area contributed by atoms with Crippen LogP contribution >= 0.6 is 0 Å². The molecule has 0 aliphatic carbocycles. The molecule has 0 radical (unpaired) electrons. The van der Waals surface area contributed by atoms with E-state index in [9.17, 15) is 9.18 Å². The van der Waals surface area contributed by atoms with Gasteiger partial charge in [-0.25, -0.2) is 4.39 Å². The van der Waals surface area contributed by atoms with Crippen molar-refractivity contribution in [3.8, 4) is 0 Å². The van der Waals surface area contributed by atoms with E-state index in [4.69, 9.17) is 5.73 Å². The average Bonchev–Trinajstić information content (AvgIpc) is 2.31. The fourth-order valence-electron chi connectivity index (χ4n) is 1.51. The minimum Gasteiger partial charge on any atom is -0.398 e. The lowest BCUT2D eigenvalue weighted by molar-refractivity contribution is -0.120. The molecule has 0 atom stereocenters. The Morgan fingerprint density at radius 2 is 2.24 bits per heavy atom. The van der Waals surface area contributed by atoms with Crippen molar-refractivity contribution >= 4 is 11.6 Å². The molecule has 0 fully saturated rings. The maximum absolute atomic E-state index is 13.5.